The van der Waals surface area contributed by atoms with Gasteiger partial charge in [0.1, 0.15) is 5.82 Å². The second-order valence-corrected chi connectivity index (χ2v) is 9.92. The number of halogens is 1. The van der Waals surface area contributed by atoms with Crippen LogP contribution in [0.4, 0.5) is 10.1 Å². The Morgan fingerprint density at radius 3 is 2.47 bits per heavy atom. The van der Waals surface area contributed by atoms with E-state index in [4.69, 9.17) is 17.3 Å². The van der Waals surface area contributed by atoms with Gasteiger partial charge in [0.25, 0.3) is 5.91 Å². The van der Waals surface area contributed by atoms with E-state index < -0.39 is 17.7 Å². The fraction of sp³-hybridized carbons (Fsp3) is 0.321. The van der Waals surface area contributed by atoms with Gasteiger partial charge in [-0.15, -0.1) is 0 Å². The zero-order valence-corrected chi connectivity index (χ0v) is 22.1. The molecule has 0 heterocycles. The van der Waals surface area contributed by atoms with Crippen molar-refractivity contribution in [2.75, 3.05) is 20.6 Å². The molecule has 9 nitrogen and oxygen atoms in total. The summed E-state index contributed by atoms with van der Waals surface area (Å²) in [5, 5.41) is 11.1. The summed E-state index contributed by atoms with van der Waals surface area (Å²) in [5.74, 6) is 3.24. The standard InChI is InChI=1S/C28H35FN6O3/c1-16(2)14-34(3)27(36)20-10-6-9-19(25(20)29)17-7-5-8-18(11-17)33-26(23(13-30)28(37)38)22-12-21(22)24(31)15-35(4)32/h5-11,13,15-16,21-22H,12,14,30-32H2,1-4H3,(H,37,38)/b23-13?,24-15-,33-26?/t21?,22-/m1/s1. The van der Waals surface area contributed by atoms with Gasteiger partial charge in [-0.2, -0.15) is 0 Å². The molecule has 1 saturated carbocycles. The van der Waals surface area contributed by atoms with Gasteiger partial charge in [-0.3, -0.25) is 9.79 Å². The number of rotatable bonds is 10. The minimum Gasteiger partial charge on any atom is -0.478 e. The Morgan fingerprint density at radius 2 is 1.87 bits per heavy atom. The number of hydrogen-bond acceptors (Lipinski definition) is 7. The molecule has 2 atom stereocenters. The number of hydrazine groups is 1. The van der Waals surface area contributed by atoms with Crippen molar-refractivity contribution >= 4 is 23.3 Å². The Balaban J connectivity index is 2.01. The van der Waals surface area contributed by atoms with Crippen molar-refractivity contribution < 1.29 is 19.1 Å². The molecule has 0 aromatic heterocycles. The molecular formula is C28H35FN6O3. The zero-order chi connectivity index (χ0) is 28.1. The van der Waals surface area contributed by atoms with Crippen LogP contribution in [0.1, 0.15) is 30.6 Å². The molecule has 1 amide bonds. The topological polar surface area (TPSA) is 151 Å². The number of aliphatic carboxylic acids is 1. The lowest BCUT2D eigenvalue weighted by atomic mass is 10.0. The number of allylic oxidation sites excluding steroid dienone is 1. The van der Waals surface area contributed by atoms with Crippen LogP contribution < -0.4 is 17.3 Å². The molecule has 0 aliphatic heterocycles. The number of benzene rings is 2. The average molecular weight is 523 g/mol. The van der Waals surface area contributed by atoms with E-state index in [1.807, 2.05) is 13.8 Å². The fourth-order valence-corrected chi connectivity index (χ4v) is 4.44. The number of nitrogens with two attached hydrogens (primary N) is 3. The Labute approximate surface area is 222 Å². The molecule has 1 fully saturated rings. The molecule has 0 saturated heterocycles. The fourth-order valence-electron chi connectivity index (χ4n) is 4.44. The van der Waals surface area contributed by atoms with Gasteiger partial charge in [-0.1, -0.05) is 38.1 Å². The molecule has 202 valence electrons. The Bertz CT molecular complexity index is 1300. The number of aliphatic imine (C=N–C) groups is 1. The lowest BCUT2D eigenvalue weighted by Gasteiger charge is -2.20. The van der Waals surface area contributed by atoms with E-state index in [1.54, 1.807) is 56.7 Å². The molecular weight excluding hydrogens is 487 g/mol. The van der Waals surface area contributed by atoms with Crippen LogP contribution in [-0.4, -0.2) is 53.2 Å². The van der Waals surface area contributed by atoms with Gasteiger partial charge in [0, 0.05) is 56.1 Å². The van der Waals surface area contributed by atoms with E-state index in [0.717, 1.165) is 6.20 Å². The highest BCUT2D eigenvalue weighted by Gasteiger charge is 2.45. The van der Waals surface area contributed by atoms with E-state index in [2.05, 4.69) is 4.99 Å². The number of carboxylic acid groups (broad SMARTS) is 1. The van der Waals surface area contributed by atoms with Crippen LogP contribution >= 0.6 is 0 Å². The lowest BCUT2D eigenvalue weighted by molar-refractivity contribution is -0.132. The molecule has 1 aliphatic carbocycles. The average Bonchev–Trinajstić information content (AvgIpc) is 3.64. The van der Waals surface area contributed by atoms with Crippen LogP contribution in [0.3, 0.4) is 0 Å². The van der Waals surface area contributed by atoms with Crippen molar-refractivity contribution in [1.29, 1.82) is 0 Å². The predicted molar refractivity (Wildman–Crippen MR) is 146 cm³/mol. The van der Waals surface area contributed by atoms with Gasteiger partial charge < -0.3 is 26.5 Å². The monoisotopic (exact) mass is 522 g/mol. The highest BCUT2D eigenvalue weighted by Crippen LogP contribution is 2.45. The number of hydrogen-bond donors (Lipinski definition) is 4. The van der Waals surface area contributed by atoms with Crippen molar-refractivity contribution in [3.63, 3.8) is 0 Å². The minimum atomic E-state index is -1.21. The summed E-state index contributed by atoms with van der Waals surface area (Å²) in [6.07, 6.45) is 3.17. The Hall–Kier alpha value is -4.18. The highest BCUT2D eigenvalue weighted by atomic mass is 19.1. The maximum absolute atomic E-state index is 15.6. The second kappa shape index (κ2) is 11.9. The maximum Gasteiger partial charge on any atom is 0.339 e. The third kappa shape index (κ3) is 6.57. The number of nitrogens with zero attached hydrogens (tertiary/aromatic N) is 3. The predicted octanol–water partition coefficient (Wildman–Crippen LogP) is 3.46. The van der Waals surface area contributed by atoms with Crippen LogP contribution in [0.25, 0.3) is 11.1 Å². The van der Waals surface area contributed by atoms with Crippen molar-refractivity contribution in [2.24, 2.45) is 40.1 Å². The number of amides is 1. The molecule has 3 rings (SSSR count). The summed E-state index contributed by atoms with van der Waals surface area (Å²) < 4.78 is 15.6. The normalized spacial score (nSPS) is 17.9. The SMILES string of the molecule is CC(C)CN(C)C(=O)c1cccc(-c2cccc(N=C(C(=CN)C(=O)O)[C@@H]3CC3/C(N)=C/N(C)N)c2)c1F. The van der Waals surface area contributed by atoms with Crippen molar-refractivity contribution in [3.8, 4) is 11.1 Å². The molecule has 0 spiro atoms. The summed E-state index contributed by atoms with van der Waals surface area (Å²) in [6, 6.07) is 11.4. The molecule has 2 aromatic carbocycles. The summed E-state index contributed by atoms with van der Waals surface area (Å²) in [4.78, 5) is 30.9. The third-order valence-corrected chi connectivity index (χ3v) is 6.22. The summed E-state index contributed by atoms with van der Waals surface area (Å²) >= 11 is 0. The first-order valence-electron chi connectivity index (χ1n) is 12.3. The molecule has 7 N–H and O–H groups in total. The molecule has 38 heavy (non-hydrogen) atoms. The molecule has 2 aromatic rings. The van der Waals surface area contributed by atoms with Crippen molar-refractivity contribution in [1.82, 2.24) is 9.91 Å². The van der Waals surface area contributed by atoms with E-state index in [9.17, 15) is 14.7 Å². The molecule has 0 radical (unpaired) electrons. The van der Waals surface area contributed by atoms with E-state index in [1.165, 1.54) is 16.0 Å². The van der Waals surface area contributed by atoms with E-state index >= 15 is 4.39 Å². The van der Waals surface area contributed by atoms with E-state index in [-0.39, 0.29) is 40.2 Å². The van der Waals surface area contributed by atoms with Crippen LogP contribution in [0, 0.1) is 23.6 Å². The zero-order valence-electron chi connectivity index (χ0n) is 22.1. The third-order valence-electron chi connectivity index (χ3n) is 6.22. The van der Waals surface area contributed by atoms with Crippen LogP contribution in [0.5, 0.6) is 0 Å². The first-order chi connectivity index (χ1) is 17.9. The molecule has 0 bridgehead atoms. The van der Waals surface area contributed by atoms with Crippen molar-refractivity contribution in [3.05, 3.63) is 77.5 Å². The Kier molecular flexibility index (Phi) is 8.90. The van der Waals surface area contributed by atoms with Crippen LogP contribution in [0.15, 0.2) is 71.1 Å². The lowest BCUT2D eigenvalue weighted by Crippen LogP contribution is -2.31. The van der Waals surface area contributed by atoms with Gasteiger partial charge in [-0.05, 0) is 36.1 Å². The number of carbonyl (C=O) groups is 2. The molecule has 1 aliphatic rings. The minimum absolute atomic E-state index is 0.0209. The number of carbonyl (C=O) groups excluding carboxylic acids is 1. The first kappa shape index (κ1) is 28.4. The van der Waals surface area contributed by atoms with Gasteiger partial charge in [-0.25, -0.2) is 15.0 Å². The van der Waals surface area contributed by atoms with E-state index in [0.29, 0.717) is 29.9 Å². The molecule has 10 heteroatoms. The second-order valence-electron chi connectivity index (χ2n) is 9.92. The first-order valence-corrected chi connectivity index (χ1v) is 12.3. The summed E-state index contributed by atoms with van der Waals surface area (Å²) in [7, 11) is 3.28. The summed E-state index contributed by atoms with van der Waals surface area (Å²) in [6.45, 7) is 4.47. The number of carboxylic acids is 1. The van der Waals surface area contributed by atoms with Crippen molar-refractivity contribution in [2.45, 2.75) is 20.3 Å². The maximum atomic E-state index is 15.6. The van der Waals surface area contributed by atoms with Crippen LogP contribution in [-0.2, 0) is 4.79 Å². The summed E-state index contributed by atoms with van der Waals surface area (Å²) in [5.41, 5.74) is 13.6. The van der Waals surface area contributed by atoms with Gasteiger partial charge in [0.05, 0.1) is 22.5 Å². The highest BCUT2D eigenvalue weighted by molar-refractivity contribution is 6.21. The largest absolute Gasteiger partial charge is 0.478 e. The van der Waals surface area contributed by atoms with Gasteiger partial charge in [0.15, 0.2) is 0 Å². The van der Waals surface area contributed by atoms with Crippen LogP contribution in [0.2, 0.25) is 0 Å². The van der Waals surface area contributed by atoms with Gasteiger partial charge >= 0.3 is 5.97 Å². The smallest absolute Gasteiger partial charge is 0.339 e. The van der Waals surface area contributed by atoms with Gasteiger partial charge in [0.2, 0.25) is 0 Å². The quantitative estimate of drug-likeness (QED) is 0.161. The molecule has 1 unspecified atom stereocenters. The Morgan fingerprint density at radius 1 is 1.18 bits per heavy atom.